The lowest BCUT2D eigenvalue weighted by molar-refractivity contribution is 0.171. The maximum Gasteiger partial charge on any atom is 0.406 e. The lowest BCUT2D eigenvalue weighted by Gasteiger charge is -2.11. The number of nitrogens with zero attached hydrogens (tertiary/aromatic N) is 2. The molecule has 1 heterocycles. The number of amides is 1. The quantitative estimate of drug-likeness (QED) is 0.801. The minimum Gasteiger partial charge on any atom is -0.453 e. The molecule has 0 saturated heterocycles. The van der Waals surface area contributed by atoms with Crippen molar-refractivity contribution < 1.29 is 9.53 Å². The summed E-state index contributed by atoms with van der Waals surface area (Å²) in [7, 11) is 3.23. The molecule has 1 amide bonds. The number of hydrogen-bond donors (Lipinski definition) is 2. The summed E-state index contributed by atoms with van der Waals surface area (Å²) in [4.78, 5) is 10.8. The lowest BCUT2D eigenvalue weighted by atomic mass is 10.2. The molecule has 19 heavy (non-hydrogen) atoms. The van der Waals surface area contributed by atoms with Crippen molar-refractivity contribution in [2.45, 2.75) is 33.2 Å². The summed E-state index contributed by atoms with van der Waals surface area (Å²) < 4.78 is 6.22. The number of methoxy groups -OCH3 is 1. The van der Waals surface area contributed by atoms with Crippen molar-refractivity contribution in [3.63, 3.8) is 0 Å². The van der Waals surface area contributed by atoms with Crippen LogP contribution in [0.3, 0.4) is 0 Å². The predicted octanol–water partition coefficient (Wildman–Crippen LogP) is 1.84. The molecule has 2 N–H and O–H groups in total. The smallest absolute Gasteiger partial charge is 0.406 e. The number of carbonyl (C=O) groups is 1. The van der Waals surface area contributed by atoms with Crippen LogP contribution in [0, 0.1) is 0 Å². The van der Waals surface area contributed by atoms with Crippen LogP contribution in [-0.4, -0.2) is 36.1 Å². The Bertz CT molecular complexity index is 352. The fourth-order valence-corrected chi connectivity index (χ4v) is 1.31. The second kappa shape index (κ2) is 10.4. The third-order valence-electron chi connectivity index (χ3n) is 2.26. The molecule has 0 aliphatic heterocycles. The molecular formula is C13H26N4O2. The highest BCUT2D eigenvalue weighted by Gasteiger charge is 2.06. The number of nitrogens with one attached hydrogen (secondary N) is 2. The van der Waals surface area contributed by atoms with Gasteiger partial charge in [0.15, 0.2) is 0 Å². The van der Waals surface area contributed by atoms with Crippen molar-refractivity contribution in [2.24, 2.45) is 7.05 Å². The highest BCUT2D eigenvalue weighted by molar-refractivity contribution is 5.66. The number of ether oxygens (including phenoxy) is 1. The van der Waals surface area contributed by atoms with E-state index in [-0.39, 0.29) is 6.04 Å². The van der Waals surface area contributed by atoms with E-state index in [9.17, 15) is 4.79 Å². The van der Waals surface area contributed by atoms with E-state index < -0.39 is 6.09 Å². The van der Waals surface area contributed by atoms with Crippen LogP contribution in [0.4, 0.5) is 4.79 Å². The van der Waals surface area contributed by atoms with Crippen LogP contribution in [0.15, 0.2) is 12.4 Å². The summed E-state index contributed by atoms with van der Waals surface area (Å²) in [5.41, 5.74) is 1.13. The molecule has 1 aromatic rings. The molecule has 0 fully saturated rings. The van der Waals surface area contributed by atoms with E-state index in [0.717, 1.165) is 5.56 Å². The molecule has 6 nitrogen and oxygen atoms in total. The third-order valence-corrected chi connectivity index (χ3v) is 2.26. The molecule has 1 atom stereocenters. The van der Waals surface area contributed by atoms with Crippen LogP contribution in [-0.2, 0) is 11.8 Å². The number of aromatic nitrogens is 2. The molecule has 0 saturated carbocycles. The molecule has 0 spiro atoms. The summed E-state index contributed by atoms with van der Waals surface area (Å²) in [5.74, 6) is 0. The minimum atomic E-state index is -0.407. The first kappa shape index (κ1) is 17.4. The van der Waals surface area contributed by atoms with Crippen LogP contribution in [0.1, 0.15) is 38.8 Å². The number of hydrogen-bond acceptors (Lipinski definition) is 4. The summed E-state index contributed by atoms with van der Waals surface area (Å²) in [6, 6.07) is 0.216. The molecule has 0 aliphatic rings. The minimum absolute atomic E-state index is 0.216. The van der Waals surface area contributed by atoms with Crippen LogP contribution in [0.2, 0.25) is 0 Å². The van der Waals surface area contributed by atoms with Gasteiger partial charge in [0.2, 0.25) is 0 Å². The first-order valence-electron chi connectivity index (χ1n) is 6.58. The van der Waals surface area contributed by atoms with Gasteiger partial charge in [0.05, 0.1) is 13.3 Å². The standard InChI is InChI=1S/C10H18N4O2.C3H8/c1-8(9-6-13-14(2)7-9)11-4-5-12-10(15)16-3;1-3-2/h6-8,11H,4-5H2,1-3H3,(H,12,15);3H2,1-2H3. The van der Waals surface area contributed by atoms with Crippen molar-refractivity contribution >= 4 is 6.09 Å². The van der Waals surface area contributed by atoms with Crippen molar-refractivity contribution in [1.82, 2.24) is 20.4 Å². The Hall–Kier alpha value is -1.56. The summed E-state index contributed by atoms with van der Waals surface area (Å²) >= 11 is 0. The molecule has 0 radical (unpaired) electrons. The first-order chi connectivity index (χ1) is 9.04. The lowest BCUT2D eigenvalue weighted by Crippen LogP contribution is -2.32. The Morgan fingerprint density at radius 2 is 2.11 bits per heavy atom. The fourth-order valence-electron chi connectivity index (χ4n) is 1.31. The zero-order chi connectivity index (χ0) is 14.7. The molecule has 1 rings (SSSR count). The second-order valence-electron chi connectivity index (χ2n) is 4.25. The van der Waals surface area contributed by atoms with E-state index in [4.69, 9.17) is 0 Å². The maximum absolute atomic E-state index is 10.8. The average molecular weight is 270 g/mol. The van der Waals surface area contributed by atoms with Crippen LogP contribution in [0.5, 0.6) is 0 Å². The Morgan fingerprint density at radius 3 is 2.58 bits per heavy atom. The van der Waals surface area contributed by atoms with Gasteiger partial charge in [-0.1, -0.05) is 20.3 Å². The van der Waals surface area contributed by atoms with E-state index in [1.54, 1.807) is 4.68 Å². The van der Waals surface area contributed by atoms with Crippen LogP contribution < -0.4 is 10.6 Å². The summed E-state index contributed by atoms with van der Waals surface area (Å²) in [6.07, 6.45) is 4.63. The Balaban J connectivity index is 0.000000982. The highest BCUT2D eigenvalue weighted by atomic mass is 16.5. The normalized spacial score (nSPS) is 11.2. The van der Waals surface area contributed by atoms with Crippen molar-refractivity contribution in [3.05, 3.63) is 18.0 Å². The van der Waals surface area contributed by atoms with Crippen LogP contribution >= 0.6 is 0 Å². The summed E-state index contributed by atoms with van der Waals surface area (Å²) in [6.45, 7) is 7.53. The van der Waals surface area contributed by atoms with E-state index in [0.29, 0.717) is 13.1 Å². The second-order valence-corrected chi connectivity index (χ2v) is 4.25. The van der Waals surface area contributed by atoms with Gasteiger partial charge in [0.1, 0.15) is 0 Å². The molecule has 110 valence electrons. The summed E-state index contributed by atoms with van der Waals surface area (Å²) in [5, 5.41) is 9.96. The van der Waals surface area contributed by atoms with Gasteiger partial charge in [-0.3, -0.25) is 4.68 Å². The average Bonchev–Trinajstić information content (AvgIpc) is 2.81. The zero-order valence-electron chi connectivity index (χ0n) is 12.6. The van der Waals surface area contributed by atoms with Gasteiger partial charge in [-0.25, -0.2) is 4.79 Å². The highest BCUT2D eigenvalue weighted by Crippen LogP contribution is 2.09. The van der Waals surface area contributed by atoms with Gasteiger partial charge in [0.25, 0.3) is 0 Å². The predicted molar refractivity (Wildman–Crippen MR) is 76.0 cm³/mol. The van der Waals surface area contributed by atoms with E-state index in [2.05, 4.69) is 41.2 Å². The van der Waals surface area contributed by atoms with Gasteiger partial charge in [-0.05, 0) is 6.92 Å². The van der Waals surface area contributed by atoms with Crippen LogP contribution in [0.25, 0.3) is 0 Å². The van der Waals surface area contributed by atoms with Gasteiger partial charge in [-0.2, -0.15) is 5.10 Å². The molecule has 0 aliphatic carbocycles. The number of rotatable bonds is 5. The Labute approximate surface area is 115 Å². The van der Waals surface area contributed by atoms with Gasteiger partial charge in [0, 0.05) is 37.9 Å². The van der Waals surface area contributed by atoms with Gasteiger partial charge in [-0.15, -0.1) is 0 Å². The number of carbonyl (C=O) groups excluding carboxylic acids is 1. The van der Waals surface area contributed by atoms with Crippen molar-refractivity contribution in [1.29, 1.82) is 0 Å². The van der Waals surface area contributed by atoms with Crippen molar-refractivity contribution in [3.8, 4) is 0 Å². The molecule has 0 bridgehead atoms. The number of alkyl carbamates (subject to hydrolysis) is 1. The topological polar surface area (TPSA) is 68.2 Å². The maximum atomic E-state index is 10.8. The monoisotopic (exact) mass is 270 g/mol. The van der Waals surface area contributed by atoms with E-state index in [1.165, 1.54) is 13.5 Å². The number of aryl methyl sites for hydroxylation is 1. The van der Waals surface area contributed by atoms with Crippen molar-refractivity contribution in [2.75, 3.05) is 20.2 Å². The van der Waals surface area contributed by atoms with E-state index >= 15 is 0 Å². The molecule has 0 aromatic carbocycles. The third kappa shape index (κ3) is 8.20. The Kier molecular flexibility index (Phi) is 9.52. The first-order valence-corrected chi connectivity index (χ1v) is 6.58. The van der Waals surface area contributed by atoms with E-state index in [1.807, 2.05) is 19.4 Å². The molecular weight excluding hydrogens is 244 g/mol. The SMILES string of the molecule is CCC.COC(=O)NCCNC(C)c1cnn(C)c1. The molecule has 6 heteroatoms. The zero-order valence-corrected chi connectivity index (χ0v) is 12.6. The molecule has 1 aromatic heterocycles. The largest absolute Gasteiger partial charge is 0.453 e. The fraction of sp³-hybridized carbons (Fsp3) is 0.692. The molecule has 1 unspecified atom stereocenters. The van der Waals surface area contributed by atoms with Gasteiger partial charge >= 0.3 is 6.09 Å². The Morgan fingerprint density at radius 1 is 1.47 bits per heavy atom. The van der Waals surface area contributed by atoms with Gasteiger partial charge < -0.3 is 15.4 Å².